The molecule has 1 rings (SSSR count). The molecule has 0 saturated carbocycles. The van der Waals surface area contributed by atoms with Gasteiger partial charge in [-0.05, 0) is 19.9 Å². The van der Waals surface area contributed by atoms with E-state index < -0.39 is 18.5 Å². The van der Waals surface area contributed by atoms with Crippen LogP contribution in [-0.4, -0.2) is 33.4 Å². The molecule has 0 saturated heterocycles. The largest absolute Gasteiger partial charge is 0.480 e. The molecule has 0 fully saturated rings. The van der Waals surface area contributed by atoms with E-state index >= 15 is 0 Å². The van der Waals surface area contributed by atoms with Gasteiger partial charge in [-0.25, -0.2) is 4.79 Å². The lowest BCUT2D eigenvalue weighted by Crippen LogP contribution is -2.38. The number of carboxylic acid groups (broad SMARTS) is 1. The maximum absolute atomic E-state index is 11.1. The van der Waals surface area contributed by atoms with Crippen LogP contribution in [0.3, 0.4) is 0 Å². The van der Waals surface area contributed by atoms with Crippen LogP contribution in [0.1, 0.15) is 25.6 Å². The molecular weight excluding hydrogens is 224 g/mol. The van der Waals surface area contributed by atoms with Crippen LogP contribution in [0.4, 0.5) is 4.79 Å². The van der Waals surface area contributed by atoms with Crippen LogP contribution in [0.15, 0.2) is 12.3 Å². The van der Waals surface area contributed by atoms with E-state index in [0.29, 0.717) is 0 Å². The zero-order valence-corrected chi connectivity index (χ0v) is 9.80. The van der Waals surface area contributed by atoms with Crippen molar-refractivity contribution in [1.29, 1.82) is 0 Å². The van der Waals surface area contributed by atoms with Crippen molar-refractivity contribution in [2.45, 2.75) is 26.4 Å². The molecule has 94 valence electrons. The van der Waals surface area contributed by atoms with Crippen LogP contribution in [-0.2, 0) is 11.3 Å². The number of aromatic nitrogens is 2. The molecule has 0 bridgehead atoms. The second-order valence-electron chi connectivity index (χ2n) is 3.81. The Balaban J connectivity index is 2.34. The normalized spacial score (nSPS) is 10.3. The molecule has 1 aromatic rings. The second kappa shape index (κ2) is 5.88. The number of carbonyl (C=O) groups is 2. The van der Waals surface area contributed by atoms with Crippen LogP contribution < -0.4 is 10.6 Å². The van der Waals surface area contributed by atoms with E-state index in [1.165, 1.54) is 0 Å². The average Bonchev–Trinajstić information content (AvgIpc) is 2.72. The SMILES string of the molecule is CC(C)n1ccc(CNC(=O)NCC(=O)O)n1. The number of hydrogen-bond acceptors (Lipinski definition) is 3. The molecule has 7 heteroatoms. The van der Waals surface area contributed by atoms with Gasteiger partial charge in [0.25, 0.3) is 0 Å². The van der Waals surface area contributed by atoms with E-state index in [4.69, 9.17) is 5.11 Å². The van der Waals surface area contributed by atoms with Gasteiger partial charge in [-0.3, -0.25) is 9.48 Å². The average molecular weight is 240 g/mol. The summed E-state index contributed by atoms with van der Waals surface area (Å²) in [4.78, 5) is 21.3. The summed E-state index contributed by atoms with van der Waals surface area (Å²) < 4.78 is 1.78. The summed E-state index contributed by atoms with van der Waals surface area (Å²) >= 11 is 0. The van der Waals surface area contributed by atoms with E-state index in [9.17, 15) is 9.59 Å². The fraction of sp³-hybridized carbons (Fsp3) is 0.500. The fourth-order valence-electron chi connectivity index (χ4n) is 1.15. The molecule has 0 aromatic carbocycles. The molecule has 0 aliphatic carbocycles. The number of nitrogens with zero attached hydrogens (tertiary/aromatic N) is 2. The lowest BCUT2D eigenvalue weighted by Gasteiger charge is -2.05. The lowest BCUT2D eigenvalue weighted by molar-refractivity contribution is -0.135. The highest BCUT2D eigenvalue weighted by Crippen LogP contribution is 2.03. The van der Waals surface area contributed by atoms with Gasteiger partial charge in [-0.1, -0.05) is 0 Å². The Hall–Kier alpha value is -2.05. The summed E-state index contributed by atoms with van der Waals surface area (Å²) in [6, 6.07) is 1.55. The van der Waals surface area contributed by atoms with Crippen molar-refractivity contribution in [3.05, 3.63) is 18.0 Å². The smallest absolute Gasteiger partial charge is 0.323 e. The van der Waals surface area contributed by atoms with Crippen molar-refractivity contribution in [2.24, 2.45) is 0 Å². The van der Waals surface area contributed by atoms with E-state index in [1.54, 1.807) is 10.7 Å². The van der Waals surface area contributed by atoms with Gasteiger partial charge in [0.05, 0.1) is 12.2 Å². The first kappa shape index (κ1) is 13.0. The van der Waals surface area contributed by atoms with E-state index in [1.807, 2.05) is 20.0 Å². The molecule has 17 heavy (non-hydrogen) atoms. The van der Waals surface area contributed by atoms with Gasteiger partial charge in [-0.15, -0.1) is 0 Å². The summed E-state index contributed by atoms with van der Waals surface area (Å²) in [6.45, 7) is 3.88. The minimum Gasteiger partial charge on any atom is -0.480 e. The van der Waals surface area contributed by atoms with Crippen LogP contribution in [0.5, 0.6) is 0 Å². The van der Waals surface area contributed by atoms with Crippen molar-refractivity contribution in [3.63, 3.8) is 0 Å². The van der Waals surface area contributed by atoms with Crippen molar-refractivity contribution in [1.82, 2.24) is 20.4 Å². The summed E-state index contributed by atoms with van der Waals surface area (Å²) in [5.74, 6) is -1.08. The molecule has 1 aromatic heterocycles. The van der Waals surface area contributed by atoms with Crippen molar-refractivity contribution in [3.8, 4) is 0 Å². The Morgan fingerprint density at radius 1 is 1.47 bits per heavy atom. The summed E-state index contributed by atoms with van der Waals surface area (Å²) in [5, 5.41) is 17.3. The third-order valence-corrected chi connectivity index (χ3v) is 2.02. The molecule has 0 aliphatic heterocycles. The Labute approximate surface area is 98.8 Å². The van der Waals surface area contributed by atoms with Crippen LogP contribution >= 0.6 is 0 Å². The zero-order valence-electron chi connectivity index (χ0n) is 9.80. The first-order valence-electron chi connectivity index (χ1n) is 5.26. The van der Waals surface area contributed by atoms with E-state index in [2.05, 4.69) is 15.7 Å². The maximum atomic E-state index is 11.1. The number of hydrogen-bond donors (Lipinski definition) is 3. The summed E-state index contributed by atoms with van der Waals surface area (Å²) in [7, 11) is 0. The van der Waals surface area contributed by atoms with Crippen LogP contribution in [0, 0.1) is 0 Å². The molecule has 3 N–H and O–H groups in total. The zero-order chi connectivity index (χ0) is 12.8. The number of nitrogens with one attached hydrogen (secondary N) is 2. The Bertz CT molecular complexity index is 400. The standard InChI is InChI=1S/C10H16N4O3/c1-7(2)14-4-3-8(13-14)5-11-10(17)12-6-9(15)16/h3-4,7H,5-6H2,1-2H3,(H,15,16)(H2,11,12,17). The molecular formula is C10H16N4O3. The Kier molecular flexibility index (Phi) is 4.50. The minimum absolute atomic E-state index is 0.268. The number of carbonyl (C=O) groups excluding carboxylic acids is 1. The Morgan fingerprint density at radius 3 is 2.71 bits per heavy atom. The molecule has 0 radical (unpaired) electrons. The third-order valence-electron chi connectivity index (χ3n) is 2.02. The van der Waals surface area contributed by atoms with Crippen LogP contribution in [0.2, 0.25) is 0 Å². The fourth-order valence-corrected chi connectivity index (χ4v) is 1.15. The van der Waals surface area contributed by atoms with Gasteiger partial charge in [-0.2, -0.15) is 5.10 Å². The quantitative estimate of drug-likeness (QED) is 0.691. The van der Waals surface area contributed by atoms with Crippen molar-refractivity contribution in [2.75, 3.05) is 6.54 Å². The van der Waals surface area contributed by atoms with E-state index in [-0.39, 0.29) is 12.6 Å². The van der Waals surface area contributed by atoms with Gasteiger partial charge in [0.1, 0.15) is 6.54 Å². The first-order valence-corrected chi connectivity index (χ1v) is 5.26. The molecule has 0 spiro atoms. The third kappa shape index (κ3) is 4.54. The minimum atomic E-state index is -1.08. The number of rotatable bonds is 5. The monoisotopic (exact) mass is 240 g/mol. The van der Waals surface area contributed by atoms with Crippen LogP contribution in [0.25, 0.3) is 0 Å². The molecule has 1 heterocycles. The number of amides is 2. The molecule has 0 atom stereocenters. The van der Waals surface area contributed by atoms with Gasteiger partial charge in [0.2, 0.25) is 0 Å². The highest BCUT2D eigenvalue weighted by Gasteiger charge is 2.05. The van der Waals surface area contributed by atoms with Crippen molar-refractivity contribution >= 4 is 12.0 Å². The predicted molar refractivity (Wildman–Crippen MR) is 60.5 cm³/mol. The maximum Gasteiger partial charge on any atom is 0.323 e. The lowest BCUT2D eigenvalue weighted by atomic mass is 10.4. The topological polar surface area (TPSA) is 96.2 Å². The Morgan fingerprint density at radius 2 is 2.18 bits per heavy atom. The molecule has 0 unspecified atom stereocenters. The van der Waals surface area contributed by atoms with Gasteiger partial charge in [0.15, 0.2) is 0 Å². The predicted octanol–water partition coefficient (Wildman–Crippen LogP) is 0.348. The van der Waals surface area contributed by atoms with Gasteiger partial charge < -0.3 is 15.7 Å². The number of aliphatic carboxylic acids is 1. The van der Waals surface area contributed by atoms with Crippen molar-refractivity contribution < 1.29 is 14.7 Å². The molecule has 2 amide bonds. The highest BCUT2D eigenvalue weighted by molar-refractivity contribution is 5.79. The number of urea groups is 1. The number of carboxylic acids is 1. The molecule has 7 nitrogen and oxygen atoms in total. The van der Waals surface area contributed by atoms with Gasteiger partial charge >= 0.3 is 12.0 Å². The van der Waals surface area contributed by atoms with E-state index in [0.717, 1.165) is 5.69 Å². The first-order chi connectivity index (χ1) is 7.99. The summed E-state index contributed by atoms with van der Waals surface area (Å²) in [6.07, 6.45) is 1.83. The molecule has 0 aliphatic rings. The summed E-state index contributed by atoms with van der Waals surface area (Å²) in [5.41, 5.74) is 0.726. The highest BCUT2D eigenvalue weighted by atomic mass is 16.4. The van der Waals surface area contributed by atoms with Gasteiger partial charge in [0, 0.05) is 12.2 Å². The second-order valence-corrected chi connectivity index (χ2v) is 3.81.